The Morgan fingerprint density at radius 1 is 1.37 bits per heavy atom. The summed E-state index contributed by atoms with van der Waals surface area (Å²) < 4.78 is 0. The van der Waals surface area contributed by atoms with Gasteiger partial charge in [-0.2, -0.15) is 0 Å². The molecule has 0 aliphatic carbocycles. The summed E-state index contributed by atoms with van der Waals surface area (Å²) in [7, 11) is 0. The fraction of sp³-hybridized carbons (Fsp3) is 0.533. The minimum atomic E-state index is 0.0756. The van der Waals surface area contributed by atoms with E-state index in [2.05, 4.69) is 19.3 Å². The highest BCUT2D eigenvalue weighted by atomic mass is 16.2. The normalized spacial score (nSPS) is 23.3. The van der Waals surface area contributed by atoms with E-state index in [9.17, 15) is 4.79 Å². The van der Waals surface area contributed by atoms with Crippen molar-refractivity contribution in [1.29, 1.82) is 0 Å². The van der Waals surface area contributed by atoms with Gasteiger partial charge in [0.05, 0.1) is 11.3 Å². The number of nitrogens with zero attached hydrogens (tertiary/aromatic N) is 1. The van der Waals surface area contributed by atoms with Crippen LogP contribution in [0.15, 0.2) is 18.2 Å². The van der Waals surface area contributed by atoms with Gasteiger partial charge in [0, 0.05) is 13.1 Å². The third-order valence-electron chi connectivity index (χ3n) is 4.18. The van der Waals surface area contributed by atoms with Crippen LogP contribution in [0.3, 0.4) is 0 Å². The van der Waals surface area contributed by atoms with Crippen molar-refractivity contribution >= 4 is 11.6 Å². The molecule has 0 spiro atoms. The highest BCUT2D eigenvalue weighted by Crippen LogP contribution is 2.25. The number of nitrogen functional groups attached to an aromatic ring is 1. The monoisotopic (exact) mass is 261 g/mol. The number of rotatable bonds is 2. The Kier molecular flexibility index (Phi) is 4.10. The van der Waals surface area contributed by atoms with Gasteiger partial charge in [-0.3, -0.25) is 10.6 Å². The van der Waals surface area contributed by atoms with Crippen molar-refractivity contribution in [2.24, 2.45) is 17.7 Å². The maximum atomic E-state index is 12.6. The summed E-state index contributed by atoms with van der Waals surface area (Å²) in [6.07, 6.45) is 1.07. The van der Waals surface area contributed by atoms with E-state index >= 15 is 0 Å². The standard InChI is InChI=1S/C15H23N3O/c1-10-4-5-13(14(8-10)17-16)15(19)18-7-6-11(2)12(3)9-18/h4-5,8,11-12,17H,6-7,9,16H2,1-3H3. The van der Waals surface area contributed by atoms with Gasteiger partial charge >= 0.3 is 0 Å². The van der Waals surface area contributed by atoms with Crippen molar-refractivity contribution in [2.75, 3.05) is 18.5 Å². The molecule has 1 aromatic carbocycles. The second-order valence-electron chi connectivity index (χ2n) is 5.69. The first-order chi connectivity index (χ1) is 9.02. The number of anilines is 1. The van der Waals surface area contributed by atoms with E-state index in [4.69, 9.17) is 5.84 Å². The van der Waals surface area contributed by atoms with Crippen LogP contribution in [-0.2, 0) is 0 Å². The maximum absolute atomic E-state index is 12.6. The average Bonchev–Trinajstić information content (AvgIpc) is 2.41. The zero-order valence-electron chi connectivity index (χ0n) is 11.9. The van der Waals surface area contributed by atoms with Crippen molar-refractivity contribution in [3.05, 3.63) is 29.3 Å². The molecular formula is C15H23N3O. The predicted molar refractivity (Wildman–Crippen MR) is 77.8 cm³/mol. The number of likely N-dealkylation sites (tertiary alicyclic amines) is 1. The Balaban J connectivity index is 2.20. The summed E-state index contributed by atoms with van der Waals surface area (Å²) in [5, 5.41) is 0. The van der Waals surface area contributed by atoms with Crippen LogP contribution in [0.1, 0.15) is 36.2 Å². The van der Waals surface area contributed by atoms with Crippen LogP contribution in [0.25, 0.3) is 0 Å². The van der Waals surface area contributed by atoms with E-state index in [0.29, 0.717) is 23.1 Å². The van der Waals surface area contributed by atoms with Gasteiger partial charge in [0.25, 0.3) is 5.91 Å². The lowest BCUT2D eigenvalue weighted by Crippen LogP contribution is -2.42. The van der Waals surface area contributed by atoms with E-state index in [1.165, 1.54) is 0 Å². The average molecular weight is 261 g/mol. The molecule has 3 N–H and O–H groups in total. The topological polar surface area (TPSA) is 58.4 Å². The van der Waals surface area contributed by atoms with Gasteiger partial charge in [-0.05, 0) is 42.9 Å². The zero-order valence-corrected chi connectivity index (χ0v) is 11.9. The molecule has 19 heavy (non-hydrogen) atoms. The Morgan fingerprint density at radius 2 is 2.11 bits per heavy atom. The van der Waals surface area contributed by atoms with Crippen LogP contribution in [0, 0.1) is 18.8 Å². The summed E-state index contributed by atoms with van der Waals surface area (Å²) >= 11 is 0. The molecular weight excluding hydrogens is 238 g/mol. The van der Waals surface area contributed by atoms with Crippen LogP contribution in [0.2, 0.25) is 0 Å². The number of hydrogen-bond acceptors (Lipinski definition) is 3. The van der Waals surface area contributed by atoms with Gasteiger partial charge in [0.1, 0.15) is 0 Å². The molecule has 104 valence electrons. The summed E-state index contributed by atoms with van der Waals surface area (Å²) in [6, 6.07) is 5.71. The second-order valence-corrected chi connectivity index (χ2v) is 5.69. The molecule has 1 fully saturated rings. The first-order valence-electron chi connectivity index (χ1n) is 6.89. The molecule has 0 aromatic heterocycles. The molecule has 1 saturated heterocycles. The molecule has 1 aromatic rings. The van der Waals surface area contributed by atoms with E-state index in [1.807, 2.05) is 30.0 Å². The van der Waals surface area contributed by atoms with Gasteiger partial charge in [0.15, 0.2) is 0 Å². The number of aryl methyl sites for hydroxylation is 1. The number of hydrogen-bond donors (Lipinski definition) is 2. The van der Waals surface area contributed by atoms with E-state index in [0.717, 1.165) is 25.1 Å². The Morgan fingerprint density at radius 3 is 2.74 bits per heavy atom. The van der Waals surface area contributed by atoms with Crippen molar-refractivity contribution in [3.63, 3.8) is 0 Å². The molecule has 1 aliphatic rings. The van der Waals surface area contributed by atoms with E-state index < -0.39 is 0 Å². The summed E-state index contributed by atoms with van der Waals surface area (Å²) in [4.78, 5) is 14.5. The molecule has 1 heterocycles. The van der Waals surface area contributed by atoms with Crippen LogP contribution in [0.4, 0.5) is 5.69 Å². The molecule has 1 amide bonds. The Hall–Kier alpha value is -1.55. The maximum Gasteiger partial charge on any atom is 0.256 e. The Bertz CT molecular complexity index is 472. The van der Waals surface area contributed by atoms with Crippen LogP contribution < -0.4 is 11.3 Å². The van der Waals surface area contributed by atoms with Crippen LogP contribution in [0.5, 0.6) is 0 Å². The van der Waals surface area contributed by atoms with Crippen molar-refractivity contribution in [2.45, 2.75) is 27.2 Å². The molecule has 2 atom stereocenters. The van der Waals surface area contributed by atoms with Gasteiger partial charge in [-0.1, -0.05) is 19.9 Å². The van der Waals surface area contributed by atoms with Crippen LogP contribution >= 0.6 is 0 Å². The first kappa shape index (κ1) is 13.9. The molecule has 2 unspecified atom stereocenters. The smallest absolute Gasteiger partial charge is 0.256 e. The summed E-state index contributed by atoms with van der Waals surface area (Å²) in [6.45, 7) is 8.12. The predicted octanol–water partition coefficient (Wildman–Crippen LogP) is 2.40. The number of hydrazine groups is 1. The van der Waals surface area contributed by atoms with Gasteiger partial charge in [-0.25, -0.2) is 0 Å². The quantitative estimate of drug-likeness (QED) is 0.635. The fourth-order valence-corrected chi connectivity index (χ4v) is 2.58. The molecule has 1 aliphatic heterocycles. The van der Waals surface area contributed by atoms with Gasteiger partial charge in [-0.15, -0.1) is 0 Å². The Labute approximate surface area is 114 Å². The SMILES string of the molecule is Cc1ccc(C(=O)N2CCC(C)C(C)C2)c(NN)c1. The number of nitrogens with two attached hydrogens (primary N) is 1. The number of amides is 1. The summed E-state index contributed by atoms with van der Waals surface area (Å²) in [5.41, 5.74) is 5.08. The van der Waals surface area contributed by atoms with Crippen molar-refractivity contribution in [1.82, 2.24) is 4.90 Å². The largest absolute Gasteiger partial charge is 0.338 e. The third kappa shape index (κ3) is 2.89. The lowest BCUT2D eigenvalue weighted by molar-refractivity contribution is 0.0628. The van der Waals surface area contributed by atoms with Crippen LogP contribution in [-0.4, -0.2) is 23.9 Å². The third-order valence-corrected chi connectivity index (χ3v) is 4.18. The lowest BCUT2D eigenvalue weighted by Gasteiger charge is -2.35. The molecule has 4 nitrogen and oxygen atoms in total. The minimum Gasteiger partial charge on any atom is -0.338 e. The van der Waals surface area contributed by atoms with E-state index in [-0.39, 0.29) is 5.91 Å². The molecule has 0 radical (unpaired) electrons. The summed E-state index contributed by atoms with van der Waals surface area (Å²) in [5.74, 6) is 6.83. The lowest BCUT2D eigenvalue weighted by atomic mass is 9.88. The number of carbonyl (C=O) groups excluding carboxylic acids is 1. The molecule has 2 rings (SSSR count). The minimum absolute atomic E-state index is 0.0756. The number of benzene rings is 1. The van der Waals surface area contributed by atoms with Gasteiger partial charge < -0.3 is 10.3 Å². The highest BCUT2D eigenvalue weighted by Gasteiger charge is 2.27. The number of piperidine rings is 1. The molecule has 4 heteroatoms. The zero-order chi connectivity index (χ0) is 14.0. The second kappa shape index (κ2) is 5.61. The number of nitrogens with one attached hydrogen (secondary N) is 1. The van der Waals surface area contributed by atoms with Crippen molar-refractivity contribution in [3.8, 4) is 0 Å². The van der Waals surface area contributed by atoms with Crippen molar-refractivity contribution < 1.29 is 4.79 Å². The van der Waals surface area contributed by atoms with Gasteiger partial charge in [0.2, 0.25) is 0 Å². The number of carbonyl (C=O) groups is 1. The fourth-order valence-electron chi connectivity index (χ4n) is 2.58. The van der Waals surface area contributed by atoms with E-state index in [1.54, 1.807) is 0 Å². The first-order valence-corrected chi connectivity index (χ1v) is 6.89. The molecule has 0 bridgehead atoms. The molecule has 0 saturated carbocycles. The highest BCUT2D eigenvalue weighted by molar-refractivity contribution is 5.99.